The highest BCUT2D eigenvalue weighted by Gasteiger charge is 2.06. The van der Waals surface area contributed by atoms with Gasteiger partial charge in [-0.1, -0.05) is 6.92 Å². The van der Waals surface area contributed by atoms with Gasteiger partial charge in [-0.3, -0.25) is 0 Å². The highest BCUT2D eigenvalue weighted by molar-refractivity contribution is 7.15. The van der Waals surface area contributed by atoms with Gasteiger partial charge >= 0.3 is 0 Å². The van der Waals surface area contributed by atoms with Crippen molar-refractivity contribution in [1.82, 2.24) is 0 Å². The number of methoxy groups -OCH3 is 1. The molecule has 0 aliphatic carbocycles. The third-order valence-corrected chi connectivity index (χ3v) is 3.75. The fourth-order valence-corrected chi connectivity index (χ4v) is 2.51. The van der Waals surface area contributed by atoms with Gasteiger partial charge in [0.25, 0.3) is 0 Å². The summed E-state index contributed by atoms with van der Waals surface area (Å²) in [6.45, 7) is 2.14. The summed E-state index contributed by atoms with van der Waals surface area (Å²) in [5, 5.41) is 9.70. The molecule has 0 aliphatic heterocycles. The zero-order valence-corrected chi connectivity index (χ0v) is 10.2. The number of thiophene rings is 1. The summed E-state index contributed by atoms with van der Waals surface area (Å²) in [5.41, 5.74) is 1.03. The van der Waals surface area contributed by atoms with Crippen LogP contribution in [0.25, 0.3) is 10.4 Å². The Morgan fingerprint density at radius 3 is 2.62 bits per heavy atom. The van der Waals surface area contributed by atoms with E-state index in [1.54, 1.807) is 30.6 Å². The zero-order chi connectivity index (χ0) is 11.5. The maximum Gasteiger partial charge on any atom is 0.160 e. The van der Waals surface area contributed by atoms with E-state index in [2.05, 4.69) is 19.1 Å². The Morgan fingerprint density at radius 1 is 1.25 bits per heavy atom. The first-order valence-electron chi connectivity index (χ1n) is 5.20. The van der Waals surface area contributed by atoms with Crippen molar-refractivity contribution in [2.24, 2.45) is 0 Å². The number of rotatable bonds is 3. The van der Waals surface area contributed by atoms with Crippen molar-refractivity contribution in [1.29, 1.82) is 0 Å². The molecular formula is C13H14O2S. The Balaban J connectivity index is 2.37. The van der Waals surface area contributed by atoms with Gasteiger partial charge in [-0.25, -0.2) is 0 Å². The minimum Gasteiger partial charge on any atom is -0.504 e. The molecule has 2 aromatic rings. The van der Waals surface area contributed by atoms with Gasteiger partial charge in [0.2, 0.25) is 0 Å². The topological polar surface area (TPSA) is 29.5 Å². The van der Waals surface area contributed by atoms with E-state index in [4.69, 9.17) is 4.74 Å². The minimum atomic E-state index is 0.187. The monoisotopic (exact) mass is 234 g/mol. The van der Waals surface area contributed by atoms with Gasteiger partial charge in [-0.05, 0) is 42.3 Å². The molecule has 0 saturated carbocycles. The van der Waals surface area contributed by atoms with Gasteiger partial charge < -0.3 is 9.84 Å². The third-order valence-electron chi connectivity index (χ3n) is 2.47. The van der Waals surface area contributed by atoms with Crippen molar-refractivity contribution in [3.8, 4) is 21.9 Å². The summed E-state index contributed by atoms with van der Waals surface area (Å²) in [5.74, 6) is 0.697. The van der Waals surface area contributed by atoms with Crippen LogP contribution in [-0.4, -0.2) is 12.2 Å². The Bertz CT molecular complexity index is 488. The summed E-state index contributed by atoms with van der Waals surface area (Å²) in [7, 11) is 1.55. The molecular weight excluding hydrogens is 220 g/mol. The van der Waals surface area contributed by atoms with Gasteiger partial charge in [0.1, 0.15) is 0 Å². The second-order valence-corrected chi connectivity index (χ2v) is 4.67. The highest BCUT2D eigenvalue weighted by atomic mass is 32.1. The summed E-state index contributed by atoms with van der Waals surface area (Å²) in [6, 6.07) is 9.70. The molecule has 0 unspecified atom stereocenters. The molecule has 1 aromatic carbocycles. The largest absolute Gasteiger partial charge is 0.504 e. The lowest BCUT2D eigenvalue weighted by molar-refractivity contribution is 0.373. The van der Waals surface area contributed by atoms with E-state index in [0.717, 1.165) is 12.0 Å². The molecule has 84 valence electrons. The summed E-state index contributed by atoms with van der Waals surface area (Å²) >= 11 is 1.76. The Hall–Kier alpha value is -1.48. The second-order valence-electron chi connectivity index (χ2n) is 3.51. The SMILES string of the molecule is CCc1ccc(-c2ccc(OC)c(O)c2)s1. The number of aryl methyl sites for hydroxylation is 1. The lowest BCUT2D eigenvalue weighted by Crippen LogP contribution is -1.83. The molecule has 2 nitrogen and oxygen atoms in total. The normalized spacial score (nSPS) is 10.4. The van der Waals surface area contributed by atoms with Crippen LogP contribution in [0.2, 0.25) is 0 Å². The Morgan fingerprint density at radius 2 is 2.06 bits per heavy atom. The standard InChI is InChI=1S/C13H14O2S/c1-3-10-5-7-13(16-10)9-4-6-12(15-2)11(14)8-9/h4-8,14H,3H2,1-2H3. The molecule has 16 heavy (non-hydrogen) atoms. The Labute approximate surface area is 99.1 Å². The molecule has 0 radical (unpaired) electrons. The summed E-state index contributed by atoms with van der Waals surface area (Å²) in [6.07, 6.45) is 1.05. The van der Waals surface area contributed by atoms with Gasteiger partial charge in [0.15, 0.2) is 11.5 Å². The van der Waals surface area contributed by atoms with Crippen LogP contribution >= 0.6 is 11.3 Å². The minimum absolute atomic E-state index is 0.187. The van der Waals surface area contributed by atoms with Crippen molar-refractivity contribution in [3.05, 3.63) is 35.2 Å². The molecule has 3 heteroatoms. The summed E-state index contributed by atoms with van der Waals surface area (Å²) in [4.78, 5) is 2.53. The highest BCUT2D eigenvalue weighted by Crippen LogP contribution is 2.34. The number of hydrogen-bond donors (Lipinski definition) is 1. The van der Waals surface area contributed by atoms with Crippen LogP contribution in [0.3, 0.4) is 0 Å². The lowest BCUT2D eigenvalue weighted by atomic mass is 10.1. The van der Waals surface area contributed by atoms with E-state index in [0.29, 0.717) is 5.75 Å². The molecule has 0 bridgehead atoms. The van der Waals surface area contributed by atoms with Gasteiger partial charge in [-0.15, -0.1) is 11.3 Å². The second kappa shape index (κ2) is 4.58. The number of phenols is 1. The first kappa shape index (κ1) is 11.0. The molecule has 0 aliphatic rings. The predicted molar refractivity (Wildman–Crippen MR) is 67.3 cm³/mol. The van der Waals surface area contributed by atoms with Crippen LogP contribution in [0.15, 0.2) is 30.3 Å². The molecule has 0 amide bonds. The fraction of sp³-hybridized carbons (Fsp3) is 0.231. The molecule has 1 N–H and O–H groups in total. The smallest absolute Gasteiger partial charge is 0.160 e. The van der Waals surface area contributed by atoms with Crippen LogP contribution in [0.5, 0.6) is 11.5 Å². The van der Waals surface area contributed by atoms with Crippen LogP contribution in [0.4, 0.5) is 0 Å². The first-order valence-corrected chi connectivity index (χ1v) is 6.02. The molecule has 1 aromatic heterocycles. The van der Waals surface area contributed by atoms with Crippen molar-refractivity contribution in [2.75, 3.05) is 7.11 Å². The lowest BCUT2D eigenvalue weighted by Gasteiger charge is -2.04. The van der Waals surface area contributed by atoms with Gasteiger partial charge in [-0.2, -0.15) is 0 Å². The number of hydrogen-bond acceptors (Lipinski definition) is 3. The van der Waals surface area contributed by atoms with Gasteiger partial charge in [0.05, 0.1) is 7.11 Å². The number of aromatic hydroxyl groups is 1. The number of ether oxygens (including phenoxy) is 1. The number of phenolic OH excluding ortho intramolecular Hbond substituents is 1. The molecule has 0 fully saturated rings. The molecule has 0 spiro atoms. The average molecular weight is 234 g/mol. The zero-order valence-electron chi connectivity index (χ0n) is 9.36. The van der Waals surface area contributed by atoms with Crippen molar-refractivity contribution >= 4 is 11.3 Å². The molecule has 0 saturated heterocycles. The molecule has 0 atom stereocenters. The van der Waals surface area contributed by atoms with E-state index in [9.17, 15) is 5.11 Å². The summed E-state index contributed by atoms with van der Waals surface area (Å²) < 4.78 is 5.02. The van der Waals surface area contributed by atoms with Gasteiger partial charge in [0, 0.05) is 9.75 Å². The maximum absolute atomic E-state index is 9.70. The van der Waals surface area contributed by atoms with Crippen LogP contribution < -0.4 is 4.74 Å². The van der Waals surface area contributed by atoms with Crippen molar-refractivity contribution in [2.45, 2.75) is 13.3 Å². The maximum atomic E-state index is 9.70. The average Bonchev–Trinajstić information content (AvgIpc) is 2.77. The van der Waals surface area contributed by atoms with Crippen LogP contribution in [0, 0.1) is 0 Å². The van der Waals surface area contributed by atoms with Crippen molar-refractivity contribution < 1.29 is 9.84 Å². The van der Waals surface area contributed by atoms with E-state index in [1.807, 2.05) is 6.07 Å². The fourth-order valence-electron chi connectivity index (χ4n) is 1.57. The van der Waals surface area contributed by atoms with Crippen LogP contribution in [-0.2, 0) is 6.42 Å². The molecule has 1 heterocycles. The molecule has 2 rings (SSSR count). The number of benzene rings is 1. The Kier molecular flexibility index (Phi) is 3.15. The quantitative estimate of drug-likeness (QED) is 0.877. The third kappa shape index (κ3) is 2.04. The van der Waals surface area contributed by atoms with E-state index in [1.165, 1.54) is 9.75 Å². The first-order chi connectivity index (χ1) is 7.74. The van der Waals surface area contributed by atoms with E-state index < -0.39 is 0 Å². The van der Waals surface area contributed by atoms with E-state index in [-0.39, 0.29) is 5.75 Å². The van der Waals surface area contributed by atoms with Crippen LogP contribution in [0.1, 0.15) is 11.8 Å². The van der Waals surface area contributed by atoms with Crippen molar-refractivity contribution in [3.63, 3.8) is 0 Å². The van der Waals surface area contributed by atoms with E-state index >= 15 is 0 Å². The predicted octanol–water partition coefficient (Wildman–Crippen LogP) is 3.69.